The number of amides is 2. The van der Waals surface area contributed by atoms with E-state index in [1.54, 1.807) is 0 Å². The van der Waals surface area contributed by atoms with Crippen LogP contribution in [0.3, 0.4) is 0 Å². The fraction of sp³-hybridized carbons (Fsp3) is 0.407. The summed E-state index contributed by atoms with van der Waals surface area (Å²) in [5, 5.41) is 19.6. The van der Waals surface area contributed by atoms with Crippen LogP contribution < -0.4 is 0 Å². The first kappa shape index (κ1) is 25.6. The maximum absolute atomic E-state index is 12.7. The number of rotatable bonds is 12. The maximum Gasteiger partial charge on any atom is 0.296 e. The summed E-state index contributed by atoms with van der Waals surface area (Å²) in [5.41, 5.74) is 0.464. The van der Waals surface area contributed by atoms with Gasteiger partial charge in [0.1, 0.15) is 12.1 Å². The Morgan fingerprint density at radius 1 is 0.697 bits per heavy atom. The number of unbranched alkanes of at least 4 members (excludes halogenated alkanes) is 2. The van der Waals surface area contributed by atoms with E-state index in [2.05, 4.69) is 0 Å². The van der Waals surface area contributed by atoms with E-state index in [0.29, 0.717) is 12.8 Å². The highest BCUT2D eigenvalue weighted by Gasteiger charge is 2.44. The smallest absolute Gasteiger partial charge is 0.296 e. The Hall–Kier alpha value is -3.64. The second-order valence-electron chi connectivity index (χ2n) is 8.19. The van der Waals surface area contributed by atoms with Crippen LogP contribution in [0.4, 0.5) is 0 Å². The topological polar surface area (TPSA) is 88.2 Å². The van der Waals surface area contributed by atoms with Gasteiger partial charge in [-0.25, -0.2) is 0 Å². The number of hydrogen-bond donors (Lipinski definition) is 0. The molecule has 0 unspecified atom stereocenters. The quantitative estimate of drug-likeness (QED) is 0.357. The SMILES string of the molecule is CN(C(=O)CCCCc1ccccc1)C(C#N)(C#N)N(C)C(=O)CCCCc1ccccc1. The summed E-state index contributed by atoms with van der Waals surface area (Å²) in [4.78, 5) is 27.7. The van der Waals surface area contributed by atoms with Gasteiger partial charge in [0.15, 0.2) is 0 Å². The lowest BCUT2D eigenvalue weighted by atomic mass is 10.0. The van der Waals surface area contributed by atoms with Crippen LogP contribution >= 0.6 is 0 Å². The molecule has 2 rings (SSSR count). The lowest BCUT2D eigenvalue weighted by Gasteiger charge is -2.37. The van der Waals surface area contributed by atoms with Gasteiger partial charge in [-0.3, -0.25) is 19.4 Å². The van der Waals surface area contributed by atoms with Gasteiger partial charge in [-0.1, -0.05) is 60.7 Å². The molecule has 0 heterocycles. The third-order valence-corrected chi connectivity index (χ3v) is 5.93. The Morgan fingerprint density at radius 3 is 1.39 bits per heavy atom. The highest BCUT2D eigenvalue weighted by Crippen LogP contribution is 2.21. The monoisotopic (exact) mass is 444 g/mol. The number of aryl methyl sites for hydroxylation is 2. The van der Waals surface area contributed by atoms with Crippen molar-refractivity contribution in [2.45, 2.75) is 57.0 Å². The molecule has 0 aliphatic rings. The third-order valence-electron chi connectivity index (χ3n) is 5.93. The number of carbonyl (C=O) groups excluding carboxylic acids is 2. The van der Waals surface area contributed by atoms with Crippen molar-refractivity contribution in [2.24, 2.45) is 0 Å². The molecule has 2 amide bonds. The number of hydrogen-bond acceptors (Lipinski definition) is 4. The lowest BCUT2D eigenvalue weighted by Crippen LogP contribution is -2.59. The Kier molecular flexibility index (Phi) is 10.1. The highest BCUT2D eigenvalue weighted by atomic mass is 16.2. The summed E-state index contributed by atoms with van der Waals surface area (Å²) in [6, 6.07) is 23.9. The van der Waals surface area contributed by atoms with Gasteiger partial charge >= 0.3 is 0 Å². The van der Waals surface area contributed by atoms with Crippen molar-refractivity contribution in [1.29, 1.82) is 10.5 Å². The second-order valence-corrected chi connectivity index (χ2v) is 8.19. The van der Waals surface area contributed by atoms with E-state index >= 15 is 0 Å². The zero-order chi connectivity index (χ0) is 24.1. The Labute approximate surface area is 197 Å². The maximum atomic E-state index is 12.7. The largest absolute Gasteiger partial charge is 0.298 e. The average Bonchev–Trinajstić information content (AvgIpc) is 2.86. The molecule has 6 heteroatoms. The minimum atomic E-state index is -1.95. The van der Waals surface area contributed by atoms with E-state index in [1.807, 2.05) is 72.8 Å². The molecular formula is C27H32N4O2. The van der Waals surface area contributed by atoms with Crippen LogP contribution in [0.2, 0.25) is 0 Å². The van der Waals surface area contributed by atoms with E-state index in [0.717, 1.165) is 35.5 Å². The van der Waals surface area contributed by atoms with E-state index in [-0.39, 0.29) is 24.7 Å². The summed E-state index contributed by atoms with van der Waals surface area (Å²) in [6.45, 7) is 0. The first-order valence-electron chi connectivity index (χ1n) is 11.4. The second kappa shape index (κ2) is 13.0. The van der Waals surface area contributed by atoms with Gasteiger partial charge in [-0.15, -0.1) is 0 Å². The summed E-state index contributed by atoms with van der Waals surface area (Å²) in [6.07, 6.45) is 5.09. The molecule has 0 saturated carbocycles. The van der Waals surface area contributed by atoms with Gasteiger partial charge in [-0.05, 0) is 49.7 Å². The van der Waals surface area contributed by atoms with Gasteiger partial charge in [0.05, 0.1) is 0 Å². The van der Waals surface area contributed by atoms with Crippen molar-refractivity contribution < 1.29 is 9.59 Å². The Morgan fingerprint density at radius 2 is 1.06 bits per heavy atom. The summed E-state index contributed by atoms with van der Waals surface area (Å²) in [5.74, 6) is -0.648. The summed E-state index contributed by atoms with van der Waals surface area (Å²) in [7, 11) is 2.84. The molecule has 0 spiro atoms. The van der Waals surface area contributed by atoms with Crippen LogP contribution in [0.5, 0.6) is 0 Å². The van der Waals surface area contributed by atoms with Crippen LogP contribution in [0.25, 0.3) is 0 Å². The molecule has 0 aliphatic heterocycles. The van der Waals surface area contributed by atoms with Crippen molar-refractivity contribution in [3.63, 3.8) is 0 Å². The summed E-state index contributed by atoms with van der Waals surface area (Å²) < 4.78 is 0. The van der Waals surface area contributed by atoms with E-state index in [4.69, 9.17) is 0 Å². The average molecular weight is 445 g/mol. The van der Waals surface area contributed by atoms with Crippen LogP contribution in [0, 0.1) is 22.7 Å². The predicted molar refractivity (Wildman–Crippen MR) is 127 cm³/mol. The molecule has 0 N–H and O–H groups in total. The zero-order valence-electron chi connectivity index (χ0n) is 19.5. The van der Waals surface area contributed by atoms with Crippen molar-refractivity contribution in [2.75, 3.05) is 14.1 Å². The lowest BCUT2D eigenvalue weighted by molar-refractivity contribution is -0.144. The van der Waals surface area contributed by atoms with Gasteiger partial charge in [0, 0.05) is 26.9 Å². The molecule has 6 nitrogen and oxygen atoms in total. The van der Waals surface area contributed by atoms with Crippen molar-refractivity contribution in [1.82, 2.24) is 9.80 Å². The molecule has 0 radical (unpaired) electrons. The Balaban J connectivity index is 1.86. The number of nitriles is 2. The molecule has 0 bridgehead atoms. The highest BCUT2D eigenvalue weighted by molar-refractivity contribution is 5.82. The third kappa shape index (κ3) is 7.19. The van der Waals surface area contributed by atoms with E-state index in [9.17, 15) is 20.1 Å². The summed E-state index contributed by atoms with van der Waals surface area (Å²) >= 11 is 0. The number of nitrogens with zero attached hydrogens (tertiary/aromatic N) is 4. The molecule has 2 aromatic rings. The van der Waals surface area contributed by atoms with Gasteiger partial charge in [0.2, 0.25) is 11.8 Å². The molecule has 33 heavy (non-hydrogen) atoms. The van der Waals surface area contributed by atoms with E-state index in [1.165, 1.54) is 25.2 Å². The molecule has 0 atom stereocenters. The van der Waals surface area contributed by atoms with Gasteiger partial charge < -0.3 is 0 Å². The molecule has 0 aromatic heterocycles. The van der Waals surface area contributed by atoms with Gasteiger partial charge in [-0.2, -0.15) is 10.5 Å². The first-order chi connectivity index (χ1) is 15.9. The first-order valence-corrected chi connectivity index (χ1v) is 11.4. The molecule has 0 saturated heterocycles. The Bertz CT molecular complexity index is 895. The van der Waals surface area contributed by atoms with Crippen molar-refractivity contribution in [3.8, 4) is 12.1 Å². The van der Waals surface area contributed by atoms with E-state index < -0.39 is 5.66 Å². The van der Waals surface area contributed by atoms with Crippen molar-refractivity contribution in [3.05, 3.63) is 71.8 Å². The van der Waals surface area contributed by atoms with Crippen LogP contribution in [-0.4, -0.2) is 41.4 Å². The number of benzene rings is 2. The van der Waals surface area contributed by atoms with Crippen LogP contribution in [0.15, 0.2) is 60.7 Å². The minimum absolute atomic E-state index is 0.216. The van der Waals surface area contributed by atoms with Gasteiger partial charge in [0.25, 0.3) is 5.66 Å². The molecular weight excluding hydrogens is 412 g/mol. The standard InChI is InChI=1S/C27H32N4O2/c1-30(25(32)19-11-9-17-23-13-5-3-6-14-23)27(21-28,22-29)31(2)26(33)20-12-10-18-24-15-7-4-8-16-24/h3-8,13-16H,9-12,17-20H2,1-2H3. The normalized spacial score (nSPS) is 10.7. The molecule has 172 valence electrons. The molecule has 0 fully saturated rings. The van der Waals surface area contributed by atoms with Crippen LogP contribution in [0.1, 0.15) is 49.7 Å². The van der Waals surface area contributed by atoms with Crippen molar-refractivity contribution >= 4 is 11.8 Å². The molecule has 2 aromatic carbocycles. The van der Waals surface area contributed by atoms with Crippen LogP contribution in [-0.2, 0) is 22.4 Å². The fourth-order valence-corrected chi connectivity index (χ4v) is 3.75. The predicted octanol–water partition coefficient (Wildman–Crippen LogP) is 4.47. The zero-order valence-corrected chi connectivity index (χ0v) is 19.5. The number of carbonyl (C=O) groups is 2. The molecule has 0 aliphatic carbocycles. The fourth-order valence-electron chi connectivity index (χ4n) is 3.75. The minimum Gasteiger partial charge on any atom is -0.298 e.